The van der Waals surface area contributed by atoms with Gasteiger partial charge in [-0.05, 0) is 49.9 Å². The molecule has 0 bridgehead atoms. The first-order valence-corrected chi connectivity index (χ1v) is 24.9. The smallest absolute Gasteiger partial charge is 0.174 e. The van der Waals surface area contributed by atoms with Crippen molar-refractivity contribution in [3.63, 3.8) is 0 Å². The number of rotatable bonds is 29. The van der Waals surface area contributed by atoms with Gasteiger partial charge in [0.05, 0.1) is 22.0 Å². The van der Waals surface area contributed by atoms with Crippen molar-refractivity contribution in [2.24, 2.45) is 0 Å². The summed E-state index contributed by atoms with van der Waals surface area (Å²) in [6, 6.07) is 9.06. The number of hydrogen-bond acceptors (Lipinski definition) is 6. The number of aryl methyl sites for hydroxylation is 2. The van der Waals surface area contributed by atoms with E-state index in [-0.39, 0.29) is 0 Å². The minimum absolute atomic E-state index is 0.404. The molecule has 1 aromatic carbocycles. The molecule has 1 aliphatic rings. The molecule has 0 radical (unpaired) electrons. The zero-order valence-electron chi connectivity index (χ0n) is 34.6. The Morgan fingerprint density at radius 1 is 0.519 bits per heavy atom. The van der Waals surface area contributed by atoms with Crippen molar-refractivity contribution in [2.75, 3.05) is 0 Å². The zero-order valence-corrected chi connectivity index (χ0v) is 37.1. The third-order valence-electron chi connectivity index (χ3n) is 12.3. The lowest BCUT2D eigenvalue weighted by molar-refractivity contribution is 0.0855. The Balaban J connectivity index is 1.23. The summed E-state index contributed by atoms with van der Waals surface area (Å²) in [6.45, 7) is 8.90. The molecule has 3 aromatic heterocycles. The molecule has 5 rings (SSSR count). The highest BCUT2D eigenvalue weighted by atomic mass is 32.1. The van der Waals surface area contributed by atoms with E-state index >= 15 is 0 Å². The Labute approximate surface area is 341 Å². The predicted octanol–water partition coefficient (Wildman–Crippen LogP) is 17.2. The molecule has 3 heterocycles. The molecule has 0 N–H and O–H groups in total. The summed E-state index contributed by atoms with van der Waals surface area (Å²) in [6.07, 6.45) is 37.0. The van der Waals surface area contributed by atoms with Crippen LogP contribution in [0.5, 0.6) is 0 Å². The lowest BCUT2D eigenvalue weighted by atomic mass is 9.65. The fraction of sp³-hybridized carbons (Fsp3) is 0.688. The minimum Gasteiger partial charge on any atom is -0.293 e. The molecule has 0 amide bonds. The number of carbonyl (C=O) groups excluding carboxylic acids is 1. The van der Waals surface area contributed by atoms with Crippen LogP contribution in [0.3, 0.4) is 0 Å². The van der Waals surface area contributed by atoms with Gasteiger partial charge < -0.3 is 0 Å². The summed E-state index contributed by atoms with van der Waals surface area (Å²) in [5, 5.41) is 0. The maximum atomic E-state index is 15.0. The molecule has 6 heteroatoms. The molecule has 0 atom stereocenters. The molecule has 0 fully saturated rings. The second-order valence-electron chi connectivity index (χ2n) is 16.7. The fourth-order valence-electron chi connectivity index (χ4n) is 8.98. The number of hydrogen-bond donors (Lipinski definition) is 0. The number of thiophene rings is 2. The summed E-state index contributed by atoms with van der Waals surface area (Å²) in [7, 11) is 0. The second-order valence-corrected chi connectivity index (χ2v) is 19.6. The number of Topliss-reactive ketones (excluding diaryl/α,β-unsaturated/α-hetero) is 1. The van der Waals surface area contributed by atoms with Crippen LogP contribution in [0, 0.1) is 13.8 Å². The molecule has 1 aliphatic carbocycles. The summed E-state index contributed by atoms with van der Waals surface area (Å²) in [5.74, 6) is 0.404. The van der Waals surface area contributed by atoms with Gasteiger partial charge in [-0.3, -0.25) is 4.79 Å². The Kier molecular flexibility index (Phi) is 18.7. The molecule has 54 heavy (non-hydrogen) atoms. The van der Waals surface area contributed by atoms with Gasteiger partial charge >= 0.3 is 0 Å². The fourth-order valence-corrected chi connectivity index (χ4v) is 12.0. The van der Waals surface area contributed by atoms with E-state index in [4.69, 9.17) is 4.37 Å². The van der Waals surface area contributed by atoms with Gasteiger partial charge in [-0.25, -0.2) is 0 Å². The zero-order chi connectivity index (χ0) is 38.0. The first-order chi connectivity index (χ1) is 26.5. The lowest BCUT2D eigenvalue weighted by Gasteiger charge is -2.36. The van der Waals surface area contributed by atoms with E-state index in [0.717, 1.165) is 42.3 Å². The van der Waals surface area contributed by atoms with E-state index in [9.17, 15) is 4.79 Å². The first-order valence-electron chi connectivity index (χ1n) is 22.5. The third kappa shape index (κ3) is 11.8. The summed E-state index contributed by atoms with van der Waals surface area (Å²) >= 11 is 5.01. The van der Waals surface area contributed by atoms with E-state index in [1.807, 2.05) is 22.7 Å². The van der Waals surface area contributed by atoms with Gasteiger partial charge in [-0.2, -0.15) is 8.75 Å². The van der Waals surface area contributed by atoms with Crippen molar-refractivity contribution in [1.29, 1.82) is 0 Å². The maximum Gasteiger partial charge on any atom is 0.174 e. The largest absolute Gasteiger partial charge is 0.293 e. The first kappa shape index (κ1) is 43.2. The normalized spacial score (nSPS) is 13.6. The Hall–Kier alpha value is -1.89. The maximum absolute atomic E-state index is 15.0. The van der Waals surface area contributed by atoms with Gasteiger partial charge in [0.15, 0.2) is 5.78 Å². The van der Waals surface area contributed by atoms with Crippen molar-refractivity contribution in [2.45, 2.75) is 213 Å². The highest BCUT2D eigenvalue weighted by Gasteiger charge is 2.47. The van der Waals surface area contributed by atoms with Gasteiger partial charge in [0.2, 0.25) is 0 Å². The molecule has 0 spiro atoms. The monoisotopic (exact) mass is 788 g/mol. The molecule has 0 saturated carbocycles. The standard InChI is InChI=1S/C48H72N2OS3/c1-5-7-9-11-13-15-17-19-21-23-25-27-29-33-48(34-30-28-26-24-22-20-18-16-14-12-10-8-6-2)41-36-42(39-32-31-37(3)43-44(39)50-54-49-43)53-46(41)45-40(47(48)51)35-38(4)52-45/h31-32,35-36H,5-30,33-34H2,1-4H3. The van der Waals surface area contributed by atoms with Crippen molar-refractivity contribution in [3.8, 4) is 20.2 Å². The van der Waals surface area contributed by atoms with Crippen LogP contribution in [0.25, 0.3) is 31.2 Å². The summed E-state index contributed by atoms with van der Waals surface area (Å²) in [5.41, 5.74) is 6.24. The Morgan fingerprint density at radius 3 is 1.48 bits per heavy atom. The number of benzene rings is 1. The third-order valence-corrected chi connectivity index (χ3v) is 15.2. The van der Waals surface area contributed by atoms with Gasteiger partial charge in [-0.15, -0.1) is 22.7 Å². The van der Waals surface area contributed by atoms with Crippen LogP contribution in [-0.4, -0.2) is 14.5 Å². The molecule has 0 saturated heterocycles. The van der Waals surface area contributed by atoms with E-state index in [2.05, 4.69) is 56.3 Å². The second kappa shape index (κ2) is 23.4. The van der Waals surface area contributed by atoms with Crippen molar-refractivity contribution < 1.29 is 4.79 Å². The number of unbranched alkanes of at least 4 members (excludes halogenated alkanes) is 24. The van der Waals surface area contributed by atoms with E-state index < -0.39 is 5.41 Å². The average Bonchev–Trinajstić information content (AvgIpc) is 3.94. The lowest BCUT2D eigenvalue weighted by Crippen LogP contribution is -2.38. The van der Waals surface area contributed by atoms with Crippen LogP contribution in [0.2, 0.25) is 0 Å². The van der Waals surface area contributed by atoms with E-state index in [1.165, 1.54) is 202 Å². The average molecular weight is 789 g/mol. The van der Waals surface area contributed by atoms with E-state index in [0.29, 0.717) is 5.78 Å². The predicted molar refractivity (Wildman–Crippen MR) is 240 cm³/mol. The number of fused-ring (bicyclic) bond motifs is 4. The molecular weight excluding hydrogens is 717 g/mol. The van der Waals surface area contributed by atoms with Crippen molar-refractivity contribution in [3.05, 3.63) is 45.8 Å². The van der Waals surface area contributed by atoms with Gasteiger partial charge in [0, 0.05) is 25.8 Å². The molecule has 3 nitrogen and oxygen atoms in total. The topological polar surface area (TPSA) is 42.9 Å². The van der Waals surface area contributed by atoms with Crippen molar-refractivity contribution >= 4 is 51.2 Å². The minimum atomic E-state index is -0.426. The van der Waals surface area contributed by atoms with Gasteiger partial charge in [0.1, 0.15) is 11.0 Å². The number of ketones is 1. The van der Waals surface area contributed by atoms with Crippen molar-refractivity contribution in [1.82, 2.24) is 8.75 Å². The van der Waals surface area contributed by atoms with Crippen LogP contribution in [0.1, 0.15) is 220 Å². The van der Waals surface area contributed by atoms with Crippen LogP contribution >= 0.6 is 34.4 Å². The Bertz CT molecular complexity index is 1650. The van der Waals surface area contributed by atoms with E-state index in [1.54, 1.807) is 0 Å². The molecule has 298 valence electrons. The molecular formula is C48H72N2OS3. The molecule has 4 aromatic rings. The van der Waals surface area contributed by atoms with Crippen LogP contribution in [0.15, 0.2) is 24.3 Å². The van der Waals surface area contributed by atoms with Crippen LogP contribution in [0.4, 0.5) is 0 Å². The van der Waals surface area contributed by atoms with Crippen LogP contribution in [-0.2, 0) is 5.41 Å². The quantitative estimate of drug-likeness (QED) is 0.0515. The number of aromatic nitrogens is 2. The molecule has 0 unspecified atom stereocenters. The SMILES string of the molecule is CCCCCCCCCCCCCCCC1(CCCCCCCCCCCCCCC)C(=O)c2cc(C)sc2-c2sc(-c3ccc(C)c4nsnc34)cc21. The number of nitrogens with zero attached hydrogens (tertiary/aromatic N) is 2. The van der Waals surface area contributed by atoms with Gasteiger partial charge in [-0.1, -0.05) is 193 Å². The molecule has 0 aliphatic heterocycles. The van der Waals surface area contributed by atoms with Gasteiger partial charge in [0.25, 0.3) is 0 Å². The highest BCUT2D eigenvalue weighted by molar-refractivity contribution is 7.24. The summed E-state index contributed by atoms with van der Waals surface area (Å²) in [4.78, 5) is 20.0. The highest BCUT2D eigenvalue weighted by Crippen LogP contribution is 2.56. The van der Waals surface area contributed by atoms with Crippen LogP contribution < -0.4 is 0 Å². The Morgan fingerprint density at radius 2 is 0.981 bits per heavy atom. The number of carbonyl (C=O) groups is 1. The summed E-state index contributed by atoms with van der Waals surface area (Å²) < 4.78 is 9.42.